The van der Waals surface area contributed by atoms with Gasteiger partial charge in [0.05, 0.1) is 27.9 Å². The van der Waals surface area contributed by atoms with E-state index in [4.69, 9.17) is 24.4 Å². The van der Waals surface area contributed by atoms with Crippen molar-refractivity contribution in [2.24, 2.45) is 0 Å². The first-order valence-corrected chi connectivity index (χ1v) is 14.9. The molecular weight excluding hydrogens is 552 g/mol. The molecule has 6 aromatic carbocycles. The molecule has 0 radical (unpaired) electrons. The fraction of sp³-hybridized carbons (Fsp3) is 0. The Hall–Kier alpha value is -6.20. The summed E-state index contributed by atoms with van der Waals surface area (Å²) in [6, 6.07) is 47.5. The van der Waals surface area contributed by atoms with Gasteiger partial charge in [-0.15, -0.1) is 0 Å². The summed E-state index contributed by atoms with van der Waals surface area (Å²) >= 11 is 0. The summed E-state index contributed by atoms with van der Waals surface area (Å²) in [7, 11) is 0. The predicted octanol–water partition coefficient (Wildman–Crippen LogP) is 10.1. The number of benzene rings is 6. The first-order valence-electron chi connectivity index (χ1n) is 14.9. The molecule has 0 spiro atoms. The van der Waals surface area contributed by atoms with E-state index >= 15 is 0 Å². The lowest BCUT2D eigenvalue weighted by atomic mass is 9.96. The maximum atomic E-state index is 6.10. The highest BCUT2D eigenvalue weighted by molar-refractivity contribution is 6.06. The summed E-state index contributed by atoms with van der Waals surface area (Å²) in [5.74, 6) is 0.577. The average molecular weight is 577 g/mol. The van der Waals surface area contributed by atoms with E-state index in [0.29, 0.717) is 5.89 Å². The molecule has 5 nitrogen and oxygen atoms in total. The van der Waals surface area contributed by atoms with Crippen LogP contribution >= 0.6 is 0 Å². The standard InChI is InChI=1S/C40H24N4O/c1-2-14-34-33(13-1)42-38(39(43-34)30-10-6-11-31(23-30)40-44-35-15-3-4-16-36(35)45-40)29-9-5-8-27(22-29)28-20-18-25-17-19-26-12-7-21-41-37(26)32(25)24-28/h1-24H. The molecule has 0 saturated carbocycles. The molecule has 0 N–H and O–H groups in total. The van der Waals surface area contributed by atoms with Crippen molar-refractivity contribution < 1.29 is 4.42 Å². The van der Waals surface area contributed by atoms with Crippen molar-refractivity contribution in [3.8, 4) is 45.1 Å². The third-order valence-corrected chi connectivity index (χ3v) is 8.31. The van der Waals surface area contributed by atoms with Crippen LogP contribution in [0.4, 0.5) is 0 Å². The molecule has 3 aromatic heterocycles. The second-order valence-corrected chi connectivity index (χ2v) is 11.1. The van der Waals surface area contributed by atoms with Gasteiger partial charge in [0.1, 0.15) is 5.52 Å². The molecule has 5 heteroatoms. The van der Waals surface area contributed by atoms with E-state index in [1.165, 1.54) is 5.39 Å². The fourth-order valence-electron chi connectivity index (χ4n) is 6.09. The highest BCUT2D eigenvalue weighted by atomic mass is 16.3. The Morgan fingerprint density at radius 1 is 0.422 bits per heavy atom. The summed E-state index contributed by atoms with van der Waals surface area (Å²) in [6.07, 6.45) is 1.86. The Labute approximate surface area is 258 Å². The van der Waals surface area contributed by atoms with Crippen molar-refractivity contribution >= 4 is 43.8 Å². The summed E-state index contributed by atoms with van der Waals surface area (Å²) < 4.78 is 6.10. The summed E-state index contributed by atoms with van der Waals surface area (Å²) in [6.45, 7) is 0. The number of hydrogen-bond donors (Lipinski definition) is 0. The molecule has 0 bridgehead atoms. The highest BCUT2D eigenvalue weighted by Crippen LogP contribution is 2.36. The van der Waals surface area contributed by atoms with E-state index in [1.807, 2.05) is 72.9 Å². The Kier molecular flexibility index (Phi) is 5.74. The number of aromatic nitrogens is 4. The first kappa shape index (κ1) is 25.3. The van der Waals surface area contributed by atoms with Gasteiger partial charge in [-0.1, -0.05) is 84.9 Å². The minimum Gasteiger partial charge on any atom is -0.436 e. The predicted molar refractivity (Wildman–Crippen MR) is 182 cm³/mol. The lowest BCUT2D eigenvalue weighted by molar-refractivity contribution is 0.620. The third kappa shape index (κ3) is 4.41. The zero-order chi connectivity index (χ0) is 29.7. The van der Waals surface area contributed by atoms with E-state index in [9.17, 15) is 0 Å². The molecule has 3 heterocycles. The van der Waals surface area contributed by atoms with E-state index in [2.05, 4.69) is 72.8 Å². The normalized spacial score (nSPS) is 11.6. The maximum absolute atomic E-state index is 6.10. The van der Waals surface area contributed by atoms with E-state index in [0.717, 1.165) is 77.6 Å². The minimum atomic E-state index is 0.577. The molecule has 9 rings (SSSR count). The lowest BCUT2D eigenvalue weighted by Gasteiger charge is -2.13. The topological polar surface area (TPSA) is 64.7 Å². The van der Waals surface area contributed by atoms with Gasteiger partial charge in [-0.05, 0) is 71.1 Å². The second-order valence-electron chi connectivity index (χ2n) is 11.1. The van der Waals surface area contributed by atoms with Crippen LogP contribution in [0.3, 0.4) is 0 Å². The van der Waals surface area contributed by atoms with Crippen LogP contribution in [-0.2, 0) is 0 Å². The number of para-hydroxylation sites is 4. The monoisotopic (exact) mass is 576 g/mol. The number of nitrogens with zero attached hydrogens (tertiary/aromatic N) is 4. The number of fused-ring (bicyclic) bond motifs is 5. The van der Waals surface area contributed by atoms with E-state index < -0.39 is 0 Å². The molecule has 0 saturated heterocycles. The van der Waals surface area contributed by atoms with Crippen LogP contribution in [0.1, 0.15) is 0 Å². The molecular formula is C40H24N4O. The van der Waals surface area contributed by atoms with Crippen LogP contribution in [0.15, 0.2) is 150 Å². The van der Waals surface area contributed by atoms with Gasteiger partial charge in [0, 0.05) is 33.7 Å². The van der Waals surface area contributed by atoms with Crippen LogP contribution in [0, 0.1) is 0 Å². The van der Waals surface area contributed by atoms with Crippen molar-refractivity contribution in [1.29, 1.82) is 0 Å². The number of hydrogen-bond acceptors (Lipinski definition) is 5. The van der Waals surface area contributed by atoms with Crippen molar-refractivity contribution in [3.05, 3.63) is 146 Å². The molecule has 9 aromatic rings. The van der Waals surface area contributed by atoms with Crippen LogP contribution in [0.2, 0.25) is 0 Å². The average Bonchev–Trinajstić information content (AvgIpc) is 3.56. The Balaban J connectivity index is 1.20. The van der Waals surface area contributed by atoms with Crippen LogP contribution in [0.25, 0.3) is 88.9 Å². The van der Waals surface area contributed by atoms with Crippen LogP contribution < -0.4 is 0 Å². The molecule has 0 unspecified atom stereocenters. The Bertz CT molecular complexity index is 2540. The van der Waals surface area contributed by atoms with E-state index in [1.54, 1.807) is 0 Å². The largest absolute Gasteiger partial charge is 0.436 e. The highest BCUT2D eigenvalue weighted by Gasteiger charge is 2.16. The van der Waals surface area contributed by atoms with Crippen LogP contribution in [0.5, 0.6) is 0 Å². The third-order valence-electron chi connectivity index (χ3n) is 8.31. The smallest absolute Gasteiger partial charge is 0.227 e. The Morgan fingerprint density at radius 3 is 1.82 bits per heavy atom. The van der Waals surface area contributed by atoms with Gasteiger partial charge < -0.3 is 4.42 Å². The molecule has 0 aliphatic carbocycles. The molecule has 210 valence electrons. The van der Waals surface area contributed by atoms with Gasteiger partial charge in [0.15, 0.2) is 5.58 Å². The Morgan fingerprint density at radius 2 is 1.04 bits per heavy atom. The second kappa shape index (κ2) is 10.2. The number of pyridine rings is 1. The van der Waals surface area contributed by atoms with Crippen molar-refractivity contribution in [2.45, 2.75) is 0 Å². The first-order chi connectivity index (χ1) is 22.3. The zero-order valence-electron chi connectivity index (χ0n) is 24.1. The van der Waals surface area contributed by atoms with Crippen molar-refractivity contribution in [1.82, 2.24) is 19.9 Å². The lowest BCUT2D eigenvalue weighted by Crippen LogP contribution is -1.96. The summed E-state index contributed by atoms with van der Waals surface area (Å²) in [4.78, 5) is 19.8. The molecule has 0 aliphatic rings. The number of rotatable bonds is 4. The zero-order valence-corrected chi connectivity index (χ0v) is 24.1. The van der Waals surface area contributed by atoms with Gasteiger partial charge in [-0.25, -0.2) is 15.0 Å². The van der Waals surface area contributed by atoms with Crippen molar-refractivity contribution in [2.75, 3.05) is 0 Å². The van der Waals surface area contributed by atoms with Gasteiger partial charge >= 0.3 is 0 Å². The number of oxazole rings is 1. The summed E-state index contributed by atoms with van der Waals surface area (Å²) in [5, 5.41) is 3.44. The maximum Gasteiger partial charge on any atom is 0.227 e. The summed E-state index contributed by atoms with van der Waals surface area (Å²) in [5.41, 5.74) is 10.9. The molecule has 0 amide bonds. The van der Waals surface area contributed by atoms with Crippen LogP contribution in [-0.4, -0.2) is 19.9 Å². The van der Waals surface area contributed by atoms with Crippen molar-refractivity contribution in [3.63, 3.8) is 0 Å². The quantitative estimate of drug-likeness (QED) is 0.195. The molecule has 0 fully saturated rings. The molecule has 0 atom stereocenters. The van der Waals surface area contributed by atoms with Gasteiger partial charge in [-0.3, -0.25) is 4.98 Å². The van der Waals surface area contributed by atoms with Gasteiger partial charge in [0.25, 0.3) is 0 Å². The van der Waals surface area contributed by atoms with Gasteiger partial charge in [0.2, 0.25) is 5.89 Å². The minimum absolute atomic E-state index is 0.577. The molecule has 0 aliphatic heterocycles. The fourth-order valence-corrected chi connectivity index (χ4v) is 6.09. The van der Waals surface area contributed by atoms with E-state index in [-0.39, 0.29) is 0 Å². The van der Waals surface area contributed by atoms with Gasteiger partial charge in [-0.2, -0.15) is 0 Å². The SMILES string of the molecule is c1cc(-c2ccc3ccc4cccnc4c3c2)cc(-c2nc3ccccc3nc2-c2cccc(-c3nc4ccccc4o3)c2)c1. The molecule has 45 heavy (non-hydrogen) atoms.